The zero-order valence-electron chi connectivity index (χ0n) is 7.56. The summed E-state index contributed by atoms with van der Waals surface area (Å²) in [4.78, 5) is 2.00. The third-order valence-corrected chi connectivity index (χ3v) is 2.29. The van der Waals surface area contributed by atoms with Crippen LogP contribution in [0.5, 0.6) is 0 Å². The first-order chi connectivity index (χ1) is 5.38. The average molecular weight is 178 g/mol. The molecule has 72 valence electrons. The fraction of sp³-hybridized carbons (Fsp3) is 1.00. The number of nitrogens with zero attached hydrogens (tertiary/aromatic N) is 1. The predicted molar refractivity (Wildman–Crippen MR) is 44.2 cm³/mol. The van der Waals surface area contributed by atoms with Gasteiger partial charge in [0.25, 0.3) is 0 Å². The molecule has 2 N–H and O–H groups in total. The molecule has 2 nitrogen and oxygen atoms in total. The van der Waals surface area contributed by atoms with Crippen LogP contribution in [0.4, 0.5) is 8.78 Å². The quantitative estimate of drug-likeness (QED) is 0.681. The van der Waals surface area contributed by atoms with Gasteiger partial charge >= 0.3 is 0 Å². The lowest BCUT2D eigenvalue weighted by atomic mass is 9.97. The number of alkyl halides is 2. The van der Waals surface area contributed by atoms with E-state index in [1.165, 1.54) is 0 Å². The van der Waals surface area contributed by atoms with E-state index in [9.17, 15) is 8.78 Å². The van der Waals surface area contributed by atoms with Gasteiger partial charge in [0.2, 0.25) is 5.92 Å². The lowest BCUT2D eigenvalue weighted by molar-refractivity contribution is -0.00369. The molecule has 0 aromatic rings. The van der Waals surface area contributed by atoms with Crippen LogP contribution in [0.1, 0.15) is 13.3 Å². The van der Waals surface area contributed by atoms with Crippen LogP contribution in [0.2, 0.25) is 0 Å². The molecule has 0 aromatic carbocycles. The predicted octanol–water partition coefficient (Wildman–Crippen LogP) is 0.921. The summed E-state index contributed by atoms with van der Waals surface area (Å²) in [5.41, 5.74) is 5.70. The zero-order chi connectivity index (χ0) is 9.35. The van der Waals surface area contributed by atoms with Gasteiger partial charge in [-0.05, 0) is 19.9 Å². The normalized spacial score (nSPS) is 32.8. The Kier molecular flexibility index (Phi) is 2.68. The van der Waals surface area contributed by atoms with Crippen molar-refractivity contribution in [1.82, 2.24) is 4.90 Å². The summed E-state index contributed by atoms with van der Waals surface area (Å²) < 4.78 is 25.2. The van der Waals surface area contributed by atoms with Crippen LogP contribution in [-0.4, -0.2) is 37.0 Å². The van der Waals surface area contributed by atoms with Gasteiger partial charge in [-0.25, -0.2) is 8.78 Å². The standard InChI is InChI=1S/C8H16F2N2/c1-8(9,10)3-6-4-12(2)5-7(6)11/h6-7H,3-5,11H2,1-2H3. The van der Waals surface area contributed by atoms with Crippen molar-refractivity contribution in [2.24, 2.45) is 11.7 Å². The monoisotopic (exact) mass is 178 g/mol. The Hall–Kier alpha value is -0.220. The topological polar surface area (TPSA) is 29.3 Å². The largest absolute Gasteiger partial charge is 0.326 e. The fourth-order valence-electron chi connectivity index (χ4n) is 1.80. The van der Waals surface area contributed by atoms with Crippen molar-refractivity contribution < 1.29 is 8.78 Å². The Morgan fingerprint density at radius 3 is 2.42 bits per heavy atom. The zero-order valence-corrected chi connectivity index (χ0v) is 7.56. The molecule has 0 aliphatic carbocycles. The van der Waals surface area contributed by atoms with Crippen molar-refractivity contribution in [1.29, 1.82) is 0 Å². The molecule has 0 saturated carbocycles. The van der Waals surface area contributed by atoms with Crippen molar-refractivity contribution >= 4 is 0 Å². The number of likely N-dealkylation sites (tertiary alicyclic amines) is 1. The summed E-state index contributed by atoms with van der Waals surface area (Å²) >= 11 is 0. The third-order valence-electron chi connectivity index (χ3n) is 2.29. The van der Waals surface area contributed by atoms with Crippen LogP contribution in [0.15, 0.2) is 0 Å². The minimum atomic E-state index is -2.58. The molecule has 1 fully saturated rings. The molecule has 1 aliphatic rings. The van der Waals surface area contributed by atoms with Crippen molar-refractivity contribution in [2.45, 2.75) is 25.3 Å². The first-order valence-electron chi connectivity index (χ1n) is 4.20. The highest BCUT2D eigenvalue weighted by atomic mass is 19.3. The van der Waals surface area contributed by atoms with E-state index in [0.717, 1.165) is 13.5 Å². The van der Waals surface area contributed by atoms with Crippen molar-refractivity contribution in [3.63, 3.8) is 0 Å². The van der Waals surface area contributed by atoms with Gasteiger partial charge in [-0.3, -0.25) is 0 Å². The van der Waals surface area contributed by atoms with Gasteiger partial charge in [0.05, 0.1) is 0 Å². The van der Waals surface area contributed by atoms with E-state index >= 15 is 0 Å². The highest BCUT2D eigenvalue weighted by Gasteiger charge is 2.35. The number of hydrogen-bond acceptors (Lipinski definition) is 2. The molecule has 2 unspecified atom stereocenters. The molecule has 0 radical (unpaired) electrons. The smallest absolute Gasteiger partial charge is 0.245 e. The maximum absolute atomic E-state index is 12.6. The maximum Gasteiger partial charge on any atom is 0.245 e. The maximum atomic E-state index is 12.6. The van der Waals surface area contributed by atoms with E-state index in [-0.39, 0.29) is 18.4 Å². The lowest BCUT2D eigenvalue weighted by Crippen LogP contribution is -2.32. The molecule has 12 heavy (non-hydrogen) atoms. The van der Waals surface area contributed by atoms with Crippen molar-refractivity contribution in [3.05, 3.63) is 0 Å². The summed E-state index contributed by atoms with van der Waals surface area (Å²) in [5, 5.41) is 0. The summed E-state index contributed by atoms with van der Waals surface area (Å²) in [6, 6.07) is -0.0826. The summed E-state index contributed by atoms with van der Waals surface area (Å²) in [6.07, 6.45) is -0.0848. The second kappa shape index (κ2) is 3.26. The summed E-state index contributed by atoms with van der Waals surface area (Å²) in [6.45, 7) is 2.39. The van der Waals surface area contributed by atoms with Gasteiger partial charge in [0.15, 0.2) is 0 Å². The van der Waals surface area contributed by atoms with Crippen LogP contribution in [0.25, 0.3) is 0 Å². The van der Waals surface area contributed by atoms with E-state index in [4.69, 9.17) is 5.73 Å². The molecule has 2 atom stereocenters. The first-order valence-corrected chi connectivity index (χ1v) is 4.20. The molecule has 0 amide bonds. The van der Waals surface area contributed by atoms with Crippen LogP contribution in [0.3, 0.4) is 0 Å². The summed E-state index contributed by atoms with van der Waals surface area (Å²) in [5.74, 6) is -2.62. The number of hydrogen-bond donors (Lipinski definition) is 1. The van der Waals surface area contributed by atoms with E-state index in [0.29, 0.717) is 6.54 Å². The Morgan fingerprint density at radius 1 is 1.50 bits per heavy atom. The second-order valence-corrected chi connectivity index (χ2v) is 3.92. The van der Waals surface area contributed by atoms with Crippen LogP contribution >= 0.6 is 0 Å². The van der Waals surface area contributed by atoms with Gasteiger partial charge in [-0.2, -0.15) is 0 Å². The minimum Gasteiger partial charge on any atom is -0.326 e. The number of rotatable bonds is 2. The van der Waals surface area contributed by atoms with Gasteiger partial charge in [-0.1, -0.05) is 0 Å². The number of nitrogens with two attached hydrogens (primary N) is 1. The van der Waals surface area contributed by atoms with Gasteiger partial charge < -0.3 is 10.6 Å². The van der Waals surface area contributed by atoms with E-state index in [1.807, 2.05) is 11.9 Å². The molecule has 1 saturated heterocycles. The van der Waals surface area contributed by atoms with Crippen LogP contribution in [-0.2, 0) is 0 Å². The second-order valence-electron chi connectivity index (χ2n) is 3.92. The van der Waals surface area contributed by atoms with E-state index in [2.05, 4.69) is 0 Å². The van der Waals surface area contributed by atoms with E-state index < -0.39 is 5.92 Å². The molecular weight excluding hydrogens is 162 g/mol. The Morgan fingerprint density at radius 2 is 2.08 bits per heavy atom. The molecule has 1 rings (SSSR count). The average Bonchev–Trinajstić information content (AvgIpc) is 2.06. The molecular formula is C8H16F2N2. The molecule has 0 aromatic heterocycles. The highest BCUT2D eigenvalue weighted by molar-refractivity contribution is 4.87. The summed E-state index contributed by atoms with van der Waals surface area (Å²) in [7, 11) is 1.91. The fourth-order valence-corrected chi connectivity index (χ4v) is 1.80. The first kappa shape index (κ1) is 9.86. The lowest BCUT2D eigenvalue weighted by Gasteiger charge is -2.18. The van der Waals surface area contributed by atoms with Crippen LogP contribution in [0, 0.1) is 5.92 Å². The molecule has 0 spiro atoms. The van der Waals surface area contributed by atoms with E-state index in [1.54, 1.807) is 0 Å². The molecule has 1 aliphatic heterocycles. The van der Waals surface area contributed by atoms with Crippen molar-refractivity contribution in [3.8, 4) is 0 Å². The SMILES string of the molecule is CN1CC(N)C(CC(C)(F)F)C1. The van der Waals surface area contributed by atoms with Gasteiger partial charge in [0.1, 0.15) is 0 Å². The highest BCUT2D eigenvalue weighted by Crippen LogP contribution is 2.27. The molecule has 1 heterocycles. The van der Waals surface area contributed by atoms with Gasteiger partial charge in [-0.15, -0.1) is 0 Å². The Balaban J connectivity index is 2.43. The number of halogens is 2. The Labute approximate surface area is 71.7 Å². The third kappa shape index (κ3) is 2.68. The van der Waals surface area contributed by atoms with Gasteiger partial charge in [0, 0.05) is 25.6 Å². The minimum absolute atomic E-state index is 0.0463. The Bertz CT molecular complexity index is 156. The van der Waals surface area contributed by atoms with Crippen molar-refractivity contribution in [2.75, 3.05) is 20.1 Å². The molecule has 4 heteroatoms. The number of likely N-dealkylation sites (N-methyl/N-ethyl adjacent to an activating group) is 1. The molecule has 0 bridgehead atoms. The van der Waals surface area contributed by atoms with Crippen LogP contribution < -0.4 is 5.73 Å².